The maximum Gasteiger partial charge on any atom is 0.0607 e. The van der Waals surface area contributed by atoms with Crippen LogP contribution in [-0.2, 0) is 0 Å². The van der Waals surface area contributed by atoms with E-state index in [9.17, 15) is 0 Å². The quantitative estimate of drug-likeness (QED) is 0.318. The molecule has 29 heavy (non-hydrogen) atoms. The highest BCUT2D eigenvalue weighted by atomic mass is 14.7. The molecule has 0 bridgehead atoms. The minimum Gasteiger partial charge on any atom is -0.260 e. The lowest BCUT2D eigenvalue weighted by Crippen LogP contribution is -2.12. The van der Waals surface area contributed by atoms with Crippen molar-refractivity contribution in [3.05, 3.63) is 126 Å². The summed E-state index contributed by atoms with van der Waals surface area (Å²) in [6.07, 6.45) is 1.96. The molecule has 1 heteroatoms. The summed E-state index contributed by atoms with van der Waals surface area (Å²) in [6, 6.07) is 36.9. The largest absolute Gasteiger partial charge is 0.260 e. The molecule has 1 heterocycles. The van der Waals surface area contributed by atoms with Crippen molar-refractivity contribution < 1.29 is 0 Å². The Morgan fingerprint density at radius 3 is 2.14 bits per heavy atom. The number of fused-ring (bicyclic) bond motifs is 2. The number of aromatic nitrogens is 1. The lowest BCUT2D eigenvalue weighted by molar-refractivity contribution is 0.927. The van der Waals surface area contributed by atoms with Gasteiger partial charge in [0.25, 0.3) is 0 Å². The first kappa shape index (κ1) is 16.3. The van der Waals surface area contributed by atoms with Crippen molar-refractivity contribution in [1.29, 1.82) is 0 Å². The zero-order valence-electron chi connectivity index (χ0n) is 15.9. The highest BCUT2D eigenvalue weighted by Crippen LogP contribution is 2.48. The smallest absolute Gasteiger partial charge is 0.0607 e. The van der Waals surface area contributed by atoms with E-state index in [0.717, 1.165) is 5.69 Å². The average molecular weight is 369 g/mol. The second-order valence-corrected chi connectivity index (χ2v) is 7.62. The molecule has 1 unspecified atom stereocenters. The van der Waals surface area contributed by atoms with Crippen LogP contribution >= 0.6 is 0 Å². The molecule has 0 radical (unpaired) electrons. The minimum absolute atomic E-state index is 0.158. The summed E-state index contributed by atoms with van der Waals surface area (Å²) in [6.45, 7) is 0. The molecule has 0 fully saturated rings. The van der Waals surface area contributed by atoms with E-state index in [0.29, 0.717) is 0 Å². The topological polar surface area (TPSA) is 12.9 Å². The van der Waals surface area contributed by atoms with E-state index >= 15 is 0 Å². The maximum absolute atomic E-state index is 4.90. The van der Waals surface area contributed by atoms with E-state index in [2.05, 4.69) is 103 Å². The number of rotatable bonds is 2. The second-order valence-electron chi connectivity index (χ2n) is 7.62. The first-order chi connectivity index (χ1) is 14.4. The third-order valence-corrected chi connectivity index (χ3v) is 5.97. The number of pyridine rings is 1. The Labute approximate surface area is 170 Å². The third-order valence-electron chi connectivity index (χ3n) is 5.97. The van der Waals surface area contributed by atoms with E-state index < -0.39 is 0 Å². The first-order valence-electron chi connectivity index (χ1n) is 10.0. The van der Waals surface area contributed by atoms with Gasteiger partial charge in [-0.3, -0.25) is 4.98 Å². The Balaban J connectivity index is 1.71. The van der Waals surface area contributed by atoms with Gasteiger partial charge in [0.15, 0.2) is 0 Å². The molecule has 0 N–H and O–H groups in total. The van der Waals surface area contributed by atoms with Crippen molar-refractivity contribution in [3.63, 3.8) is 0 Å². The maximum atomic E-state index is 4.90. The van der Waals surface area contributed by atoms with Gasteiger partial charge in [-0.1, -0.05) is 84.9 Å². The standard InChI is InChI=1S/C28H19N/c1-3-9-19(10-4-1)22-17-21-15-16-29-28-26(20-11-5-2-6-12-20)24-14-8-7-13-23(24)25(18-22)27(21)28/h1-18,26H. The Hall–Kier alpha value is -3.71. The number of hydrogen-bond acceptors (Lipinski definition) is 1. The molecule has 0 saturated heterocycles. The van der Waals surface area contributed by atoms with E-state index in [1.165, 1.54) is 44.2 Å². The summed E-state index contributed by atoms with van der Waals surface area (Å²) >= 11 is 0. The van der Waals surface area contributed by atoms with Crippen LogP contribution in [0.2, 0.25) is 0 Å². The van der Waals surface area contributed by atoms with Crippen molar-refractivity contribution in [2.24, 2.45) is 0 Å². The van der Waals surface area contributed by atoms with E-state index in [1.807, 2.05) is 6.20 Å². The third kappa shape index (κ3) is 2.51. The normalized spacial score (nSPS) is 14.6. The molecule has 1 aliphatic carbocycles. The molecule has 1 aliphatic rings. The van der Waals surface area contributed by atoms with Gasteiger partial charge in [-0.15, -0.1) is 0 Å². The van der Waals surface area contributed by atoms with Crippen molar-refractivity contribution in [3.8, 4) is 22.3 Å². The van der Waals surface area contributed by atoms with Crippen LogP contribution in [0.4, 0.5) is 0 Å². The van der Waals surface area contributed by atoms with Crippen molar-refractivity contribution in [2.45, 2.75) is 5.92 Å². The van der Waals surface area contributed by atoms with Crippen LogP contribution < -0.4 is 0 Å². The summed E-state index contributed by atoms with van der Waals surface area (Å²) < 4.78 is 0. The van der Waals surface area contributed by atoms with Crippen LogP contribution in [0.25, 0.3) is 33.0 Å². The van der Waals surface area contributed by atoms with Crippen LogP contribution in [0, 0.1) is 0 Å². The first-order valence-corrected chi connectivity index (χ1v) is 10.0. The van der Waals surface area contributed by atoms with Crippen LogP contribution in [0.1, 0.15) is 22.7 Å². The van der Waals surface area contributed by atoms with E-state index in [4.69, 9.17) is 4.98 Å². The molecule has 1 nitrogen and oxygen atoms in total. The van der Waals surface area contributed by atoms with Gasteiger partial charge in [-0.25, -0.2) is 0 Å². The summed E-state index contributed by atoms with van der Waals surface area (Å²) in [7, 11) is 0. The SMILES string of the molecule is c1ccc(-c2cc3c4c(nccc4c2)C(c2ccccc2)c2ccccc2-3)cc1. The second kappa shape index (κ2) is 6.42. The van der Waals surface area contributed by atoms with Gasteiger partial charge in [0.2, 0.25) is 0 Å². The molecule has 0 saturated carbocycles. The number of hydrogen-bond donors (Lipinski definition) is 0. The molecular weight excluding hydrogens is 350 g/mol. The predicted octanol–water partition coefficient (Wildman–Crippen LogP) is 7.06. The molecule has 1 aromatic heterocycles. The van der Waals surface area contributed by atoms with Gasteiger partial charge in [-0.05, 0) is 57.0 Å². The highest BCUT2D eigenvalue weighted by molar-refractivity contribution is 6.04. The molecule has 1 atom stereocenters. The predicted molar refractivity (Wildman–Crippen MR) is 120 cm³/mol. The van der Waals surface area contributed by atoms with Crippen molar-refractivity contribution in [2.75, 3.05) is 0 Å². The molecule has 0 amide bonds. The minimum atomic E-state index is 0.158. The van der Waals surface area contributed by atoms with Crippen LogP contribution in [0.15, 0.2) is 109 Å². The van der Waals surface area contributed by atoms with Gasteiger partial charge < -0.3 is 0 Å². The molecular formula is C28H19N. The summed E-state index contributed by atoms with van der Waals surface area (Å²) in [5.74, 6) is 0.158. The van der Waals surface area contributed by atoms with Gasteiger partial charge in [0, 0.05) is 11.6 Å². The monoisotopic (exact) mass is 369 g/mol. The van der Waals surface area contributed by atoms with Crippen LogP contribution in [0.3, 0.4) is 0 Å². The lowest BCUT2D eigenvalue weighted by atomic mass is 9.76. The van der Waals surface area contributed by atoms with E-state index in [-0.39, 0.29) is 5.92 Å². The van der Waals surface area contributed by atoms with E-state index in [1.54, 1.807) is 0 Å². The summed E-state index contributed by atoms with van der Waals surface area (Å²) in [5, 5.41) is 2.53. The molecule has 0 spiro atoms. The summed E-state index contributed by atoms with van der Waals surface area (Å²) in [4.78, 5) is 4.90. The number of nitrogens with zero attached hydrogens (tertiary/aromatic N) is 1. The Bertz CT molecular complexity index is 1340. The average Bonchev–Trinajstić information content (AvgIpc) is 2.80. The highest BCUT2D eigenvalue weighted by Gasteiger charge is 2.29. The Kier molecular flexibility index (Phi) is 3.60. The molecule has 4 aromatic carbocycles. The van der Waals surface area contributed by atoms with Gasteiger partial charge in [0.1, 0.15) is 0 Å². The Morgan fingerprint density at radius 2 is 1.31 bits per heavy atom. The van der Waals surface area contributed by atoms with Crippen molar-refractivity contribution in [1.82, 2.24) is 4.98 Å². The Morgan fingerprint density at radius 1 is 0.586 bits per heavy atom. The fourth-order valence-electron chi connectivity index (χ4n) is 4.70. The molecule has 0 aliphatic heterocycles. The van der Waals surface area contributed by atoms with Gasteiger partial charge in [-0.2, -0.15) is 0 Å². The van der Waals surface area contributed by atoms with Crippen molar-refractivity contribution >= 4 is 10.8 Å². The lowest BCUT2D eigenvalue weighted by Gasteiger charge is -2.28. The zero-order chi connectivity index (χ0) is 19.2. The molecule has 136 valence electrons. The molecule has 6 rings (SSSR count). The summed E-state index contributed by atoms with van der Waals surface area (Å²) in [5.41, 5.74) is 8.86. The van der Waals surface area contributed by atoms with Crippen LogP contribution in [0.5, 0.6) is 0 Å². The number of benzene rings is 4. The van der Waals surface area contributed by atoms with Gasteiger partial charge >= 0.3 is 0 Å². The van der Waals surface area contributed by atoms with Gasteiger partial charge in [0.05, 0.1) is 11.6 Å². The fourth-order valence-corrected chi connectivity index (χ4v) is 4.70. The van der Waals surface area contributed by atoms with Crippen LogP contribution in [-0.4, -0.2) is 4.98 Å². The molecule has 5 aromatic rings. The fraction of sp³-hybridized carbons (Fsp3) is 0.0357. The zero-order valence-corrected chi connectivity index (χ0v) is 15.9.